The molecule has 3 unspecified atom stereocenters. The second-order valence-corrected chi connectivity index (χ2v) is 20.7. The average Bonchev–Trinajstić information content (AvgIpc) is 1.23. The number of hydrogen-bond acceptors (Lipinski definition) is 17. The Morgan fingerprint density at radius 2 is 1.12 bits per heavy atom. The number of carbonyl (C=O) groups is 8. The standard InChI is InChI=1S/C58H93N11O14.C2H6/c1-40(2)38-52(74)68-39-44-14-7-8-15-45(44)53(59)55(46-16-9-10-19-49(46)68)69(61)25-12-11-17-48(65-43(6)71)56(75)63-24-29-81-33-37-82-34-30-78-26-20-50(72)62-23-28-80-32-36-83-35-31-79-27-21-51(73)67-54(41(3)4)57(76)66-47(42(5)70)18-13-22-64-58(60)77;1-2/h7-10,14-16,19,40-41,47-48,54H,11-13,17-18,20-39,59,61H2,1-6H3,(H,62,72)(H,63,75)(H,65,71)(H,66,76)(H,67,73)(H3,60,64,77);1-2H3/b55-53-;. The number of amides is 8. The first-order chi connectivity index (χ1) is 40.8. The summed E-state index contributed by atoms with van der Waals surface area (Å²) in [4.78, 5) is 101. The van der Waals surface area contributed by atoms with Crippen LogP contribution in [0.5, 0.6) is 0 Å². The fourth-order valence-electron chi connectivity index (χ4n) is 8.68. The molecule has 85 heavy (non-hydrogen) atoms. The highest BCUT2D eigenvalue weighted by molar-refractivity contribution is 6.01. The summed E-state index contributed by atoms with van der Waals surface area (Å²) in [5.41, 5.74) is 16.3. The summed E-state index contributed by atoms with van der Waals surface area (Å²) in [5, 5.41) is 17.8. The van der Waals surface area contributed by atoms with Gasteiger partial charge >= 0.3 is 6.03 Å². The lowest BCUT2D eigenvalue weighted by molar-refractivity contribution is -0.132. The van der Waals surface area contributed by atoms with E-state index in [-0.39, 0.29) is 113 Å². The summed E-state index contributed by atoms with van der Waals surface area (Å²) in [6, 6.07) is 12.3. The first-order valence-corrected chi connectivity index (χ1v) is 29.7. The minimum absolute atomic E-state index is 0.00829. The summed E-state index contributed by atoms with van der Waals surface area (Å²) < 4.78 is 33.1. The zero-order valence-electron chi connectivity index (χ0n) is 51.5. The van der Waals surface area contributed by atoms with E-state index in [4.69, 9.17) is 45.7 Å². The van der Waals surface area contributed by atoms with Crippen LogP contribution in [-0.4, -0.2) is 176 Å². The number of nitrogens with two attached hydrogens (primary N) is 3. The predicted molar refractivity (Wildman–Crippen MR) is 325 cm³/mol. The fraction of sp³-hybridized carbons (Fsp3) is 0.633. The lowest BCUT2D eigenvalue weighted by Crippen LogP contribution is -2.53. The summed E-state index contributed by atoms with van der Waals surface area (Å²) in [6.45, 7) is 19.1. The molecule has 25 heteroatoms. The summed E-state index contributed by atoms with van der Waals surface area (Å²) in [7, 11) is 0. The molecule has 8 amide bonds. The topological polar surface area (TPSA) is 349 Å². The normalized spacial score (nSPS) is 13.8. The van der Waals surface area contributed by atoms with E-state index >= 15 is 0 Å². The average molecular weight is 1200 g/mol. The van der Waals surface area contributed by atoms with Crippen LogP contribution >= 0.6 is 0 Å². The zero-order valence-corrected chi connectivity index (χ0v) is 51.5. The Labute approximate surface area is 502 Å². The number of Topliss-reactive ketones (excluding diaryl/α,β-unsaturated/α-hetero) is 1. The second-order valence-electron chi connectivity index (χ2n) is 20.7. The number of primary amides is 1. The van der Waals surface area contributed by atoms with Gasteiger partial charge < -0.3 is 81.7 Å². The van der Waals surface area contributed by atoms with E-state index in [1.807, 2.05) is 81.1 Å². The number of ketones is 1. The van der Waals surface area contributed by atoms with Crippen LogP contribution in [0.2, 0.25) is 0 Å². The lowest BCUT2D eigenvalue weighted by Gasteiger charge is -2.33. The highest BCUT2D eigenvalue weighted by atomic mass is 16.5. The van der Waals surface area contributed by atoms with Crippen molar-refractivity contribution in [3.05, 3.63) is 65.2 Å². The number of ether oxygens (including phenoxy) is 6. The molecule has 0 aliphatic carbocycles. The second kappa shape index (κ2) is 43.8. The van der Waals surface area contributed by atoms with E-state index in [1.54, 1.807) is 18.9 Å². The Bertz CT molecular complexity index is 2370. The molecule has 1 aliphatic rings. The number of nitrogens with one attached hydrogen (secondary N) is 6. The van der Waals surface area contributed by atoms with E-state index in [2.05, 4.69) is 31.9 Å². The molecule has 2 aromatic carbocycles. The first kappa shape index (κ1) is 74.4. The van der Waals surface area contributed by atoms with Crippen LogP contribution in [0.1, 0.15) is 123 Å². The molecule has 0 bridgehead atoms. The smallest absolute Gasteiger partial charge is 0.312 e. The molecular weight excluding hydrogens is 1100 g/mol. The molecule has 25 nitrogen and oxygen atoms in total. The number of urea groups is 1. The van der Waals surface area contributed by atoms with Gasteiger partial charge in [-0.05, 0) is 62.5 Å². The molecule has 0 fully saturated rings. The molecule has 3 rings (SSSR count). The van der Waals surface area contributed by atoms with Crippen molar-refractivity contribution < 1.29 is 66.8 Å². The molecule has 0 spiro atoms. The maximum absolute atomic E-state index is 13.6. The number of hydrazine groups is 1. The largest absolute Gasteiger partial charge is 0.396 e. The number of benzene rings is 2. The van der Waals surface area contributed by atoms with Crippen LogP contribution in [0.3, 0.4) is 0 Å². The third-order valence-corrected chi connectivity index (χ3v) is 12.9. The van der Waals surface area contributed by atoms with Gasteiger partial charge in [-0.2, -0.15) is 0 Å². The van der Waals surface area contributed by atoms with Gasteiger partial charge in [0.2, 0.25) is 35.4 Å². The minimum atomic E-state index is -0.853. The summed E-state index contributed by atoms with van der Waals surface area (Å²) in [5.74, 6) is 4.81. The maximum atomic E-state index is 13.6. The number of unbranched alkanes of at least 4 members (excludes halogenated alkanes) is 1. The van der Waals surface area contributed by atoms with Crippen LogP contribution in [0, 0.1) is 11.8 Å². The first-order valence-electron chi connectivity index (χ1n) is 29.7. The number of anilines is 1. The van der Waals surface area contributed by atoms with Crippen molar-refractivity contribution in [2.45, 2.75) is 131 Å². The van der Waals surface area contributed by atoms with Crippen molar-refractivity contribution in [1.29, 1.82) is 0 Å². The number of fused-ring (bicyclic) bond motifs is 2. The number of para-hydroxylation sites is 1. The van der Waals surface area contributed by atoms with Crippen molar-refractivity contribution in [3.63, 3.8) is 0 Å². The molecule has 3 atom stereocenters. The van der Waals surface area contributed by atoms with E-state index in [9.17, 15) is 38.4 Å². The monoisotopic (exact) mass is 1200 g/mol. The molecule has 0 radical (unpaired) electrons. The van der Waals surface area contributed by atoms with E-state index in [0.717, 1.165) is 22.4 Å². The van der Waals surface area contributed by atoms with Gasteiger partial charge in [0, 0.05) is 63.5 Å². The molecule has 0 saturated heterocycles. The Hall–Kier alpha value is -6.74. The van der Waals surface area contributed by atoms with Gasteiger partial charge in [0.15, 0.2) is 5.78 Å². The highest BCUT2D eigenvalue weighted by Gasteiger charge is 2.30. The third-order valence-electron chi connectivity index (χ3n) is 12.9. The molecule has 478 valence electrons. The SMILES string of the molecule is CC.CC(=O)NC(CCCCN(N)/C1=C(\N)c2ccccc2CN(C(=O)CC(C)C)c2ccccc21)C(=O)NCCOCCOCCOCCC(=O)NCCOCCOCCOCCC(=O)NC(C(=O)NC(CCCNC(N)=O)C(C)=O)C(C)C. The zero-order chi connectivity index (χ0) is 62.9. The number of hydrogen-bond donors (Lipinski definition) is 9. The van der Waals surface area contributed by atoms with Crippen molar-refractivity contribution >= 4 is 64.3 Å². The summed E-state index contributed by atoms with van der Waals surface area (Å²) in [6.07, 6.45) is 2.83. The predicted octanol–water partition coefficient (Wildman–Crippen LogP) is 3.02. The van der Waals surface area contributed by atoms with Crippen LogP contribution in [0.4, 0.5) is 10.5 Å². The van der Waals surface area contributed by atoms with Gasteiger partial charge in [-0.3, -0.25) is 33.6 Å². The van der Waals surface area contributed by atoms with Gasteiger partial charge in [0.25, 0.3) is 0 Å². The Kier molecular flexibility index (Phi) is 38.3. The number of nitrogens with zero attached hydrogens (tertiary/aromatic N) is 2. The lowest BCUT2D eigenvalue weighted by atomic mass is 9.95. The Balaban J connectivity index is 0.0000122. The van der Waals surface area contributed by atoms with Gasteiger partial charge in [-0.15, -0.1) is 0 Å². The molecule has 1 heterocycles. The quantitative estimate of drug-likeness (QED) is 0.0262. The summed E-state index contributed by atoms with van der Waals surface area (Å²) >= 11 is 0. The van der Waals surface area contributed by atoms with E-state index in [0.29, 0.717) is 109 Å². The van der Waals surface area contributed by atoms with Gasteiger partial charge in [0.05, 0.1) is 109 Å². The van der Waals surface area contributed by atoms with Crippen molar-refractivity contribution in [3.8, 4) is 0 Å². The third kappa shape index (κ3) is 30.8. The fourth-order valence-corrected chi connectivity index (χ4v) is 8.68. The van der Waals surface area contributed by atoms with Gasteiger partial charge in [-0.1, -0.05) is 84.0 Å². The number of rotatable bonds is 43. The molecule has 0 aromatic heterocycles. The van der Waals surface area contributed by atoms with Crippen LogP contribution in [-0.2, 0) is 68.5 Å². The highest BCUT2D eigenvalue weighted by Crippen LogP contribution is 2.37. The van der Waals surface area contributed by atoms with Crippen LogP contribution in [0.15, 0.2) is 48.5 Å². The van der Waals surface area contributed by atoms with Crippen LogP contribution < -0.4 is 54.1 Å². The number of carbonyl (C=O) groups excluding carboxylic acids is 8. The van der Waals surface area contributed by atoms with Crippen molar-refractivity contribution in [1.82, 2.24) is 36.9 Å². The minimum Gasteiger partial charge on any atom is -0.396 e. The van der Waals surface area contributed by atoms with E-state index in [1.165, 1.54) is 13.8 Å². The molecular formula is C60H99N11O14. The van der Waals surface area contributed by atoms with Crippen molar-refractivity contribution in [2.75, 3.05) is 110 Å². The molecule has 12 N–H and O–H groups in total. The molecule has 0 saturated carbocycles. The van der Waals surface area contributed by atoms with Gasteiger partial charge in [-0.25, -0.2) is 10.6 Å². The molecule has 1 aliphatic heterocycles. The molecule has 2 aromatic rings. The van der Waals surface area contributed by atoms with Gasteiger partial charge in [0.1, 0.15) is 12.1 Å². The van der Waals surface area contributed by atoms with Crippen molar-refractivity contribution in [2.24, 2.45) is 29.1 Å². The van der Waals surface area contributed by atoms with Crippen LogP contribution in [0.25, 0.3) is 11.4 Å². The Morgan fingerprint density at radius 1 is 0.588 bits per heavy atom. The Morgan fingerprint density at radius 3 is 1.68 bits per heavy atom. The van der Waals surface area contributed by atoms with E-state index < -0.39 is 30.1 Å². The maximum Gasteiger partial charge on any atom is 0.312 e.